The van der Waals surface area contributed by atoms with Gasteiger partial charge in [0, 0.05) is 26.2 Å². The monoisotopic (exact) mass is 478 g/mol. The van der Waals surface area contributed by atoms with Gasteiger partial charge in [-0.3, -0.25) is 10.2 Å². The molecule has 0 radical (unpaired) electrons. The van der Waals surface area contributed by atoms with Crippen molar-refractivity contribution in [3.05, 3.63) is 57.6 Å². The largest absolute Gasteiger partial charge is 0.462 e. The number of hydrazine groups is 1. The molecule has 10 heteroatoms. The molecule has 0 unspecified atom stereocenters. The number of halogens is 2. The van der Waals surface area contributed by atoms with Gasteiger partial charge in [0.05, 0.1) is 38.0 Å². The molecule has 1 fully saturated rings. The van der Waals surface area contributed by atoms with E-state index < -0.39 is 0 Å². The van der Waals surface area contributed by atoms with Gasteiger partial charge in [0.2, 0.25) is 0 Å². The lowest BCUT2D eigenvalue weighted by Crippen LogP contribution is -2.53. The van der Waals surface area contributed by atoms with E-state index in [1.807, 2.05) is 17.1 Å². The second-order valence-corrected chi connectivity index (χ2v) is 8.71. The molecule has 0 aliphatic carbocycles. The van der Waals surface area contributed by atoms with Crippen LogP contribution in [0.15, 0.2) is 36.4 Å². The number of anilines is 1. The first-order chi connectivity index (χ1) is 15.0. The van der Waals surface area contributed by atoms with E-state index in [2.05, 4.69) is 10.3 Å². The van der Waals surface area contributed by atoms with E-state index in [0.717, 1.165) is 15.3 Å². The minimum atomic E-state index is -0.330. The number of fused-ring (bicyclic) bond motifs is 1. The number of amides is 1. The number of nitrogens with one attached hydrogen (secondary N) is 1. The van der Waals surface area contributed by atoms with E-state index in [9.17, 15) is 9.59 Å². The second-order valence-electron chi connectivity index (χ2n) is 6.92. The Balaban J connectivity index is 1.39. The highest BCUT2D eigenvalue weighted by atomic mass is 35.5. The van der Waals surface area contributed by atoms with E-state index in [0.29, 0.717) is 48.9 Å². The molecule has 0 atom stereocenters. The van der Waals surface area contributed by atoms with E-state index >= 15 is 0 Å². The number of hydrogen-bond acceptors (Lipinski definition) is 7. The summed E-state index contributed by atoms with van der Waals surface area (Å²) in [5.74, 6) is -0.615. The summed E-state index contributed by atoms with van der Waals surface area (Å²) in [6.45, 7) is 4.80. The van der Waals surface area contributed by atoms with Crippen molar-refractivity contribution >= 4 is 61.8 Å². The Hall–Kier alpha value is -2.39. The van der Waals surface area contributed by atoms with Gasteiger partial charge in [0.15, 0.2) is 5.13 Å². The van der Waals surface area contributed by atoms with Crippen molar-refractivity contribution in [3.8, 4) is 0 Å². The zero-order chi connectivity index (χ0) is 22.0. The number of ether oxygens (including phenoxy) is 1. The first kappa shape index (κ1) is 21.8. The SMILES string of the molecule is CCOC(=O)c1ccc2nc(N3CCN(NC(=O)c4cccc(Cl)c4Cl)CC3)sc2c1. The molecule has 2 aromatic carbocycles. The third-order valence-electron chi connectivity index (χ3n) is 4.89. The standard InChI is InChI=1S/C21H20Cl2N4O3S/c1-2-30-20(29)13-6-7-16-17(12-13)31-21(24-16)26-8-10-27(11-9-26)25-19(28)14-4-3-5-15(22)18(14)23/h3-7,12H,2,8-11H2,1H3,(H,25,28). The predicted molar refractivity (Wildman–Crippen MR) is 123 cm³/mol. The van der Waals surface area contributed by atoms with Crippen molar-refractivity contribution in [1.29, 1.82) is 0 Å². The Labute approximate surface area is 193 Å². The predicted octanol–water partition coefficient (Wildman–Crippen LogP) is 4.25. The van der Waals surface area contributed by atoms with Crippen LogP contribution < -0.4 is 10.3 Å². The average Bonchev–Trinajstić information content (AvgIpc) is 3.19. The van der Waals surface area contributed by atoms with Gasteiger partial charge in [0.25, 0.3) is 5.91 Å². The Kier molecular flexibility index (Phi) is 6.62. The summed E-state index contributed by atoms with van der Waals surface area (Å²) < 4.78 is 6.01. The molecular weight excluding hydrogens is 459 g/mol. The molecule has 1 amide bonds. The number of benzene rings is 2. The maximum atomic E-state index is 12.5. The lowest BCUT2D eigenvalue weighted by molar-refractivity contribution is 0.0526. The zero-order valence-electron chi connectivity index (χ0n) is 16.7. The van der Waals surface area contributed by atoms with Gasteiger partial charge >= 0.3 is 5.97 Å². The van der Waals surface area contributed by atoms with Crippen LogP contribution in [0.5, 0.6) is 0 Å². The van der Waals surface area contributed by atoms with Crippen molar-refractivity contribution in [1.82, 2.24) is 15.4 Å². The molecule has 1 saturated heterocycles. The lowest BCUT2D eigenvalue weighted by atomic mass is 10.2. The Morgan fingerprint density at radius 3 is 2.68 bits per heavy atom. The summed E-state index contributed by atoms with van der Waals surface area (Å²) in [7, 11) is 0. The molecule has 1 aliphatic heterocycles. The molecule has 1 N–H and O–H groups in total. The van der Waals surface area contributed by atoms with Crippen LogP contribution in [-0.2, 0) is 4.74 Å². The Morgan fingerprint density at radius 1 is 1.16 bits per heavy atom. The summed E-state index contributed by atoms with van der Waals surface area (Å²) in [5, 5.41) is 3.35. The molecule has 0 spiro atoms. The molecule has 1 aromatic heterocycles. The fraction of sp³-hybridized carbons (Fsp3) is 0.286. The molecule has 0 bridgehead atoms. The van der Waals surface area contributed by atoms with Crippen molar-refractivity contribution in [3.63, 3.8) is 0 Å². The summed E-state index contributed by atoms with van der Waals surface area (Å²) in [6, 6.07) is 10.4. The molecule has 2 heterocycles. The first-order valence-corrected chi connectivity index (χ1v) is 11.4. The van der Waals surface area contributed by atoms with Crippen LogP contribution in [0.25, 0.3) is 10.2 Å². The summed E-state index contributed by atoms with van der Waals surface area (Å²) in [4.78, 5) is 31.4. The molecule has 162 valence electrons. The number of rotatable bonds is 5. The molecule has 31 heavy (non-hydrogen) atoms. The van der Waals surface area contributed by atoms with Crippen LogP contribution in [-0.4, -0.2) is 54.7 Å². The van der Waals surface area contributed by atoms with Crippen LogP contribution >= 0.6 is 34.5 Å². The number of nitrogens with zero attached hydrogens (tertiary/aromatic N) is 3. The number of esters is 1. The molecular formula is C21H20Cl2N4O3S. The van der Waals surface area contributed by atoms with E-state index in [4.69, 9.17) is 32.9 Å². The maximum Gasteiger partial charge on any atom is 0.338 e. The van der Waals surface area contributed by atoms with Gasteiger partial charge in [-0.25, -0.2) is 14.8 Å². The average molecular weight is 479 g/mol. The maximum absolute atomic E-state index is 12.5. The van der Waals surface area contributed by atoms with Gasteiger partial charge in [-0.2, -0.15) is 0 Å². The minimum absolute atomic E-state index is 0.247. The van der Waals surface area contributed by atoms with E-state index in [1.165, 1.54) is 11.3 Å². The third-order valence-corrected chi connectivity index (χ3v) is 6.79. The van der Waals surface area contributed by atoms with Crippen LogP contribution in [0.4, 0.5) is 5.13 Å². The minimum Gasteiger partial charge on any atom is -0.462 e. The number of aromatic nitrogens is 1. The quantitative estimate of drug-likeness (QED) is 0.552. The Bertz CT molecular complexity index is 1130. The van der Waals surface area contributed by atoms with Crippen LogP contribution in [0.1, 0.15) is 27.6 Å². The van der Waals surface area contributed by atoms with E-state index in [-0.39, 0.29) is 16.9 Å². The molecule has 7 nitrogen and oxygen atoms in total. The highest BCUT2D eigenvalue weighted by molar-refractivity contribution is 7.22. The number of carbonyl (C=O) groups excluding carboxylic acids is 2. The highest BCUT2D eigenvalue weighted by Crippen LogP contribution is 2.30. The zero-order valence-corrected chi connectivity index (χ0v) is 19.1. The topological polar surface area (TPSA) is 74.8 Å². The smallest absolute Gasteiger partial charge is 0.338 e. The van der Waals surface area contributed by atoms with Crippen molar-refractivity contribution < 1.29 is 14.3 Å². The normalized spacial score (nSPS) is 14.6. The van der Waals surface area contributed by atoms with Crippen molar-refractivity contribution in [2.24, 2.45) is 0 Å². The van der Waals surface area contributed by atoms with Gasteiger partial charge in [0.1, 0.15) is 0 Å². The number of hydrogen-bond donors (Lipinski definition) is 1. The van der Waals surface area contributed by atoms with Crippen LogP contribution in [0.2, 0.25) is 10.0 Å². The number of thiazole rings is 1. The van der Waals surface area contributed by atoms with Gasteiger partial charge in [-0.1, -0.05) is 40.6 Å². The molecule has 4 rings (SSSR count). The lowest BCUT2D eigenvalue weighted by Gasteiger charge is -2.34. The van der Waals surface area contributed by atoms with Crippen molar-refractivity contribution in [2.45, 2.75) is 6.92 Å². The highest BCUT2D eigenvalue weighted by Gasteiger charge is 2.23. The van der Waals surface area contributed by atoms with Crippen LogP contribution in [0.3, 0.4) is 0 Å². The van der Waals surface area contributed by atoms with Gasteiger partial charge < -0.3 is 9.64 Å². The number of piperazine rings is 1. The van der Waals surface area contributed by atoms with Crippen LogP contribution in [0, 0.1) is 0 Å². The summed E-state index contributed by atoms with van der Waals surface area (Å²) in [6.07, 6.45) is 0. The first-order valence-electron chi connectivity index (χ1n) is 9.79. The molecule has 3 aromatic rings. The fourth-order valence-corrected chi connectivity index (χ4v) is 4.72. The van der Waals surface area contributed by atoms with Crippen molar-refractivity contribution in [2.75, 3.05) is 37.7 Å². The third kappa shape index (κ3) is 4.77. The second kappa shape index (κ2) is 9.40. The van der Waals surface area contributed by atoms with E-state index in [1.54, 1.807) is 31.2 Å². The molecule has 0 saturated carbocycles. The molecule has 1 aliphatic rings. The number of carbonyl (C=O) groups is 2. The summed E-state index contributed by atoms with van der Waals surface area (Å²) in [5.41, 5.74) is 4.61. The van der Waals surface area contributed by atoms with Gasteiger partial charge in [-0.05, 0) is 37.3 Å². The Morgan fingerprint density at radius 2 is 1.94 bits per heavy atom. The summed E-state index contributed by atoms with van der Waals surface area (Å²) >= 11 is 13.7. The van der Waals surface area contributed by atoms with Gasteiger partial charge in [-0.15, -0.1) is 0 Å². The fourth-order valence-electron chi connectivity index (χ4n) is 3.28.